The number of benzene rings is 2. The van der Waals surface area contributed by atoms with Crippen LogP contribution >= 0.6 is 12.4 Å². The van der Waals surface area contributed by atoms with Crippen molar-refractivity contribution in [2.24, 2.45) is 5.73 Å². The van der Waals surface area contributed by atoms with E-state index in [9.17, 15) is 4.79 Å². The Morgan fingerprint density at radius 3 is 2.23 bits per heavy atom. The molecule has 0 atom stereocenters. The zero-order chi connectivity index (χ0) is 15.1. The third-order valence-electron chi connectivity index (χ3n) is 3.11. The average Bonchev–Trinajstić information content (AvgIpc) is 2.50. The van der Waals surface area contributed by atoms with Gasteiger partial charge in [0.25, 0.3) is 0 Å². The summed E-state index contributed by atoms with van der Waals surface area (Å²) in [5, 5.41) is 0. The number of hydrogen-bond donors (Lipinski definition) is 1. The van der Waals surface area contributed by atoms with Gasteiger partial charge in [0.2, 0.25) is 5.91 Å². The molecule has 0 heterocycles. The number of amides is 1. The van der Waals surface area contributed by atoms with Gasteiger partial charge in [0.05, 0.1) is 0 Å². The number of nitrogens with two attached hydrogens (primary N) is 1. The van der Waals surface area contributed by atoms with Crippen LogP contribution < -0.4 is 10.5 Å². The normalized spacial score (nSPS) is 9.73. The molecule has 0 unspecified atom stereocenters. The van der Waals surface area contributed by atoms with Gasteiger partial charge in [0.15, 0.2) is 0 Å². The molecule has 118 valence electrons. The van der Waals surface area contributed by atoms with Crippen LogP contribution in [-0.2, 0) is 11.3 Å². The van der Waals surface area contributed by atoms with Crippen LogP contribution in [0.25, 0.3) is 0 Å². The molecule has 0 fully saturated rings. The van der Waals surface area contributed by atoms with Crippen molar-refractivity contribution in [1.29, 1.82) is 0 Å². The second kappa shape index (κ2) is 9.07. The Balaban J connectivity index is 0.00000242. The first-order valence-electron chi connectivity index (χ1n) is 6.95. The monoisotopic (exact) mass is 320 g/mol. The molecule has 0 spiro atoms. The molecular formula is C17H21ClN2O2. The molecule has 0 aliphatic carbocycles. The van der Waals surface area contributed by atoms with Crippen LogP contribution in [0.3, 0.4) is 0 Å². The number of carbonyl (C=O) groups is 1. The molecule has 0 radical (unpaired) electrons. The number of hydrogen-bond acceptors (Lipinski definition) is 3. The number of ether oxygens (including phenoxy) is 1. The predicted molar refractivity (Wildman–Crippen MR) is 90.4 cm³/mol. The molecule has 0 saturated heterocycles. The van der Waals surface area contributed by atoms with E-state index in [1.54, 1.807) is 11.9 Å². The molecule has 0 saturated carbocycles. The van der Waals surface area contributed by atoms with E-state index in [2.05, 4.69) is 0 Å². The van der Waals surface area contributed by atoms with E-state index in [4.69, 9.17) is 10.5 Å². The summed E-state index contributed by atoms with van der Waals surface area (Å²) in [5.74, 6) is 1.64. The van der Waals surface area contributed by atoms with Gasteiger partial charge in [-0.2, -0.15) is 0 Å². The summed E-state index contributed by atoms with van der Waals surface area (Å²) in [7, 11) is 1.78. The van der Waals surface area contributed by atoms with E-state index >= 15 is 0 Å². The van der Waals surface area contributed by atoms with Gasteiger partial charge >= 0.3 is 0 Å². The van der Waals surface area contributed by atoms with Crippen LogP contribution in [0.2, 0.25) is 0 Å². The maximum atomic E-state index is 11.7. The molecule has 2 N–H and O–H groups in total. The van der Waals surface area contributed by atoms with Crippen LogP contribution in [0.4, 0.5) is 0 Å². The maximum Gasteiger partial charge on any atom is 0.223 e. The third-order valence-corrected chi connectivity index (χ3v) is 3.11. The van der Waals surface area contributed by atoms with E-state index in [0.29, 0.717) is 19.5 Å². The summed E-state index contributed by atoms with van der Waals surface area (Å²) in [5.41, 5.74) is 6.45. The highest BCUT2D eigenvalue weighted by Crippen LogP contribution is 2.21. The number of nitrogens with zero attached hydrogens (tertiary/aromatic N) is 1. The number of halogens is 1. The van der Waals surface area contributed by atoms with E-state index in [-0.39, 0.29) is 18.3 Å². The van der Waals surface area contributed by atoms with Crippen molar-refractivity contribution in [3.63, 3.8) is 0 Å². The molecule has 0 bridgehead atoms. The minimum Gasteiger partial charge on any atom is -0.457 e. The third kappa shape index (κ3) is 5.39. The largest absolute Gasteiger partial charge is 0.457 e. The second-order valence-electron chi connectivity index (χ2n) is 4.85. The Kier molecular flexibility index (Phi) is 7.43. The van der Waals surface area contributed by atoms with E-state index in [1.807, 2.05) is 54.6 Å². The molecule has 4 nitrogen and oxygen atoms in total. The topological polar surface area (TPSA) is 55.6 Å². The zero-order valence-corrected chi connectivity index (χ0v) is 13.4. The minimum absolute atomic E-state index is 0. The maximum absolute atomic E-state index is 11.7. The van der Waals surface area contributed by atoms with Crippen LogP contribution in [0.15, 0.2) is 54.6 Å². The smallest absolute Gasteiger partial charge is 0.223 e. The predicted octanol–water partition coefficient (Wildman–Crippen LogP) is 3.21. The van der Waals surface area contributed by atoms with Crippen molar-refractivity contribution >= 4 is 18.3 Å². The molecule has 2 rings (SSSR count). The van der Waals surface area contributed by atoms with Gasteiger partial charge in [-0.1, -0.05) is 30.3 Å². The first-order chi connectivity index (χ1) is 10.2. The van der Waals surface area contributed by atoms with E-state index < -0.39 is 0 Å². The lowest BCUT2D eigenvalue weighted by molar-refractivity contribution is -0.130. The van der Waals surface area contributed by atoms with Gasteiger partial charge in [-0.05, 0) is 29.8 Å². The molecule has 22 heavy (non-hydrogen) atoms. The lowest BCUT2D eigenvalue weighted by Gasteiger charge is -2.17. The van der Waals surface area contributed by atoms with Crippen LogP contribution in [-0.4, -0.2) is 24.4 Å². The quantitative estimate of drug-likeness (QED) is 0.889. The van der Waals surface area contributed by atoms with Gasteiger partial charge in [0, 0.05) is 26.6 Å². The fourth-order valence-electron chi connectivity index (χ4n) is 1.96. The van der Waals surface area contributed by atoms with Crippen molar-refractivity contribution < 1.29 is 9.53 Å². The highest BCUT2D eigenvalue weighted by Gasteiger charge is 2.08. The van der Waals surface area contributed by atoms with Crippen molar-refractivity contribution in [3.05, 3.63) is 60.2 Å². The molecule has 0 aliphatic rings. The first-order valence-corrected chi connectivity index (χ1v) is 6.95. The van der Waals surface area contributed by atoms with Crippen LogP contribution in [0, 0.1) is 0 Å². The highest BCUT2D eigenvalue weighted by molar-refractivity contribution is 5.85. The number of para-hydroxylation sites is 1. The Morgan fingerprint density at radius 1 is 1.05 bits per heavy atom. The Bertz CT molecular complexity index is 573. The Morgan fingerprint density at radius 2 is 1.64 bits per heavy atom. The summed E-state index contributed by atoms with van der Waals surface area (Å²) < 4.78 is 5.73. The fourth-order valence-corrected chi connectivity index (χ4v) is 1.96. The van der Waals surface area contributed by atoms with Crippen molar-refractivity contribution in [2.45, 2.75) is 13.0 Å². The lowest BCUT2D eigenvalue weighted by Crippen LogP contribution is -2.27. The summed E-state index contributed by atoms with van der Waals surface area (Å²) in [6, 6.07) is 17.4. The summed E-state index contributed by atoms with van der Waals surface area (Å²) in [4.78, 5) is 13.4. The van der Waals surface area contributed by atoms with Gasteiger partial charge in [-0.15, -0.1) is 12.4 Å². The molecule has 0 aliphatic heterocycles. The van der Waals surface area contributed by atoms with Crippen molar-refractivity contribution in [2.75, 3.05) is 13.6 Å². The zero-order valence-electron chi connectivity index (χ0n) is 12.6. The van der Waals surface area contributed by atoms with Gasteiger partial charge in [-0.25, -0.2) is 0 Å². The molecule has 0 aromatic heterocycles. The molecule has 2 aromatic carbocycles. The SMILES string of the molecule is CN(Cc1ccc(Oc2ccccc2)cc1)C(=O)CCN.Cl. The highest BCUT2D eigenvalue weighted by atomic mass is 35.5. The van der Waals surface area contributed by atoms with Gasteiger partial charge < -0.3 is 15.4 Å². The summed E-state index contributed by atoms with van der Waals surface area (Å²) >= 11 is 0. The van der Waals surface area contributed by atoms with Gasteiger partial charge in [0.1, 0.15) is 11.5 Å². The first kappa shape index (κ1) is 18.0. The standard InChI is InChI=1S/C17H20N2O2.ClH/c1-19(17(20)11-12-18)13-14-7-9-16(10-8-14)21-15-5-3-2-4-6-15;/h2-10H,11-13,18H2,1H3;1H. The van der Waals surface area contributed by atoms with E-state index in [1.165, 1.54) is 0 Å². The number of carbonyl (C=O) groups excluding carboxylic acids is 1. The molecule has 1 amide bonds. The summed E-state index contributed by atoms with van der Waals surface area (Å²) in [6.45, 7) is 0.956. The average molecular weight is 321 g/mol. The molecule has 5 heteroatoms. The van der Waals surface area contributed by atoms with E-state index in [0.717, 1.165) is 17.1 Å². The van der Waals surface area contributed by atoms with Crippen LogP contribution in [0.5, 0.6) is 11.5 Å². The lowest BCUT2D eigenvalue weighted by atomic mass is 10.2. The van der Waals surface area contributed by atoms with Crippen LogP contribution in [0.1, 0.15) is 12.0 Å². The Labute approximate surface area is 137 Å². The minimum atomic E-state index is 0. The number of rotatable bonds is 6. The summed E-state index contributed by atoms with van der Waals surface area (Å²) in [6.07, 6.45) is 0.381. The molecular weight excluding hydrogens is 300 g/mol. The molecule has 2 aromatic rings. The Hall–Kier alpha value is -2.04. The van der Waals surface area contributed by atoms with Crippen molar-refractivity contribution in [3.8, 4) is 11.5 Å². The van der Waals surface area contributed by atoms with Gasteiger partial charge in [-0.3, -0.25) is 4.79 Å². The fraction of sp³-hybridized carbons (Fsp3) is 0.235. The second-order valence-corrected chi connectivity index (χ2v) is 4.85. The van der Waals surface area contributed by atoms with Crippen molar-refractivity contribution in [1.82, 2.24) is 4.90 Å².